The molecule has 1 heterocycles. The van der Waals surface area contributed by atoms with Crippen LogP contribution in [0.5, 0.6) is 0 Å². The van der Waals surface area contributed by atoms with Crippen molar-refractivity contribution in [2.24, 2.45) is 5.92 Å². The first-order chi connectivity index (χ1) is 8.40. The second kappa shape index (κ2) is 5.14. The van der Waals surface area contributed by atoms with E-state index in [1.165, 1.54) is 18.4 Å². The molecule has 0 aromatic heterocycles. The molecular weight excluding hydrogens is 254 g/mol. The van der Waals surface area contributed by atoms with Crippen LogP contribution in [0.2, 0.25) is 0 Å². The van der Waals surface area contributed by atoms with E-state index in [9.17, 15) is 13.2 Å². The lowest BCUT2D eigenvalue weighted by Crippen LogP contribution is -2.49. The van der Waals surface area contributed by atoms with Gasteiger partial charge in [-0.2, -0.15) is 17.4 Å². The first-order valence-electron chi connectivity index (χ1n) is 6.38. The number of amides is 1. The fraction of sp³-hybridized carbons (Fsp3) is 0.909. The Morgan fingerprint density at radius 3 is 2.17 bits per heavy atom. The molecule has 0 atom stereocenters. The van der Waals surface area contributed by atoms with Gasteiger partial charge in [0.25, 0.3) is 10.2 Å². The van der Waals surface area contributed by atoms with Crippen molar-refractivity contribution < 1.29 is 13.2 Å². The molecule has 1 N–H and O–H groups in total. The van der Waals surface area contributed by atoms with Crippen LogP contribution >= 0.6 is 0 Å². The summed E-state index contributed by atoms with van der Waals surface area (Å²) >= 11 is 0. The number of carbonyl (C=O) groups excluding carboxylic acids is 1. The topological polar surface area (TPSA) is 69.7 Å². The summed E-state index contributed by atoms with van der Waals surface area (Å²) in [6.45, 7) is 1.33. The van der Waals surface area contributed by atoms with Crippen LogP contribution in [0.25, 0.3) is 0 Å². The molecule has 1 aliphatic heterocycles. The van der Waals surface area contributed by atoms with E-state index in [1.807, 2.05) is 4.90 Å². The molecule has 1 amide bonds. The van der Waals surface area contributed by atoms with E-state index in [0.717, 1.165) is 12.8 Å². The molecule has 1 saturated carbocycles. The van der Waals surface area contributed by atoms with Gasteiger partial charge in [0.15, 0.2) is 0 Å². The molecule has 2 fully saturated rings. The van der Waals surface area contributed by atoms with Crippen molar-refractivity contribution in [1.29, 1.82) is 0 Å². The van der Waals surface area contributed by atoms with Crippen LogP contribution in [-0.2, 0) is 15.0 Å². The Hall–Kier alpha value is -0.660. The van der Waals surface area contributed by atoms with Crippen molar-refractivity contribution in [3.8, 4) is 0 Å². The van der Waals surface area contributed by atoms with Crippen LogP contribution in [0.1, 0.15) is 25.7 Å². The standard InChI is InChI=1S/C11H21N3O3S/c1-13(2)18(16,17)12-10-5-7-14(8-6-10)11(15)9-3-4-9/h9-10,12H,3-8H2,1-2H3. The maximum atomic E-state index is 11.8. The number of nitrogens with one attached hydrogen (secondary N) is 1. The molecule has 1 aliphatic carbocycles. The van der Waals surface area contributed by atoms with Gasteiger partial charge >= 0.3 is 0 Å². The zero-order chi connectivity index (χ0) is 13.3. The molecule has 6 nitrogen and oxygen atoms in total. The van der Waals surface area contributed by atoms with E-state index < -0.39 is 10.2 Å². The minimum Gasteiger partial charge on any atom is -0.342 e. The Balaban J connectivity index is 1.81. The lowest BCUT2D eigenvalue weighted by atomic mass is 10.1. The fourth-order valence-corrected chi connectivity index (χ4v) is 2.99. The largest absolute Gasteiger partial charge is 0.342 e. The second-order valence-corrected chi connectivity index (χ2v) is 7.20. The molecule has 0 bridgehead atoms. The molecule has 0 radical (unpaired) electrons. The minimum absolute atomic E-state index is 0.0550. The summed E-state index contributed by atoms with van der Waals surface area (Å²) in [6, 6.07) is -0.0550. The van der Waals surface area contributed by atoms with Crippen molar-refractivity contribution in [1.82, 2.24) is 13.9 Å². The molecule has 1 saturated heterocycles. The number of hydrogen-bond acceptors (Lipinski definition) is 3. The van der Waals surface area contributed by atoms with Gasteiger partial charge in [-0.25, -0.2) is 0 Å². The lowest BCUT2D eigenvalue weighted by Gasteiger charge is -2.32. The first-order valence-corrected chi connectivity index (χ1v) is 7.83. The third kappa shape index (κ3) is 3.21. The van der Waals surface area contributed by atoms with E-state index in [1.54, 1.807) is 0 Å². The van der Waals surface area contributed by atoms with Gasteiger partial charge in [0.2, 0.25) is 5.91 Å². The smallest absolute Gasteiger partial charge is 0.279 e. The molecule has 18 heavy (non-hydrogen) atoms. The summed E-state index contributed by atoms with van der Waals surface area (Å²) in [4.78, 5) is 13.7. The summed E-state index contributed by atoms with van der Waals surface area (Å²) < 4.78 is 27.2. The van der Waals surface area contributed by atoms with Gasteiger partial charge in [-0.15, -0.1) is 0 Å². The summed E-state index contributed by atoms with van der Waals surface area (Å²) in [5.41, 5.74) is 0. The van der Waals surface area contributed by atoms with Crippen molar-refractivity contribution >= 4 is 16.1 Å². The first kappa shape index (κ1) is 13.8. The van der Waals surface area contributed by atoms with E-state index in [4.69, 9.17) is 0 Å². The molecule has 2 aliphatic rings. The molecule has 0 aromatic carbocycles. The van der Waals surface area contributed by atoms with Crippen LogP contribution in [0, 0.1) is 5.92 Å². The van der Waals surface area contributed by atoms with Gasteiger partial charge in [0.1, 0.15) is 0 Å². The van der Waals surface area contributed by atoms with Gasteiger partial charge < -0.3 is 4.90 Å². The SMILES string of the molecule is CN(C)S(=O)(=O)NC1CCN(C(=O)C2CC2)CC1. The number of likely N-dealkylation sites (tertiary alicyclic amines) is 1. The summed E-state index contributed by atoms with van der Waals surface area (Å²) in [6.07, 6.45) is 3.44. The minimum atomic E-state index is -3.36. The third-order valence-electron chi connectivity index (χ3n) is 3.53. The highest BCUT2D eigenvalue weighted by atomic mass is 32.2. The van der Waals surface area contributed by atoms with E-state index >= 15 is 0 Å². The van der Waals surface area contributed by atoms with Gasteiger partial charge in [0.05, 0.1) is 0 Å². The van der Waals surface area contributed by atoms with Crippen LogP contribution < -0.4 is 4.72 Å². The highest BCUT2D eigenvalue weighted by Crippen LogP contribution is 2.31. The Morgan fingerprint density at radius 2 is 1.72 bits per heavy atom. The molecule has 7 heteroatoms. The Kier molecular flexibility index (Phi) is 3.93. The normalized spacial score (nSPS) is 22.5. The van der Waals surface area contributed by atoms with Gasteiger partial charge in [-0.3, -0.25) is 4.79 Å². The Bertz CT molecular complexity index is 409. The average Bonchev–Trinajstić information content (AvgIpc) is 3.12. The summed E-state index contributed by atoms with van der Waals surface area (Å²) in [5, 5.41) is 0. The quantitative estimate of drug-likeness (QED) is 0.771. The summed E-state index contributed by atoms with van der Waals surface area (Å²) in [7, 11) is -0.344. The number of carbonyl (C=O) groups is 1. The Morgan fingerprint density at radius 1 is 1.17 bits per heavy atom. The Labute approximate surface area is 109 Å². The maximum absolute atomic E-state index is 11.8. The monoisotopic (exact) mass is 275 g/mol. The molecule has 0 spiro atoms. The second-order valence-electron chi connectivity index (χ2n) is 5.28. The van der Waals surface area contributed by atoms with Crippen molar-refractivity contribution in [3.05, 3.63) is 0 Å². The van der Waals surface area contributed by atoms with E-state index in [0.29, 0.717) is 25.9 Å². The van der Waals surface area contributed by atoms with Crippen molar-refractivity contribution in [2.75, 3.05) is 27.2 Å². The fourth-order valence-electron chi connectivity index (χ4n) is 2.12. The maximum Gasteiger partial charge on any atom is 0.279 e. The van der Waals surface area contributed by atoms with Crippen LogP contribution in [0.4, 0.5) is 0 Å². The van der Waals surface area contributed by atoms with Gasteiger partial charge in [-0.05, 0) is 25.7 Å². The van der Waals surface area contributed by atoms with Crippen LogP contribution in [0.3, 0.4) is 0 Å². The molecular formula is C11H21N3O3S. The number of nitrogens with zero attached hydrogens (tertiary/aromatic N) is 2. The predicted octanol–water partition coefficient (Wildman–Crippen LogP) is -0.217. The van der Waals surface area contributed by atoms with Crippen LogP contribution in [0.15, 0.2) is 0 Å². The molecule has 0 unspecified atom stereocenters. The van der Waals surface area contributed by atoms with E-state index in [-0.39, 0.29) is 17.9 Å². The average molecular weight is 275 g/mol. The van der Waals surface area contributed by atoms with Crippen LogP contribution in [-0.4, -0.2) is 56.8 Å². The van der Waals surface area contributed by atoms with Crippen molar-refractivity contribution in [3.63, 3.8) is 0 Å². The molecule has 104 valence electrons. The highest BCUT2D eigenvalue weighted by Gasteiger charge is 2.35. The molecule has 2 rings (SSSR count). The zero-order valence-electron chi connectivity index (χ0n) is 10.9. The van der Waals surface area contributed by atoms with Crippen molar-refractivity contribution in [2.45, 2.75) is 31.7 Å². The van der Waals surface area contributed by atoms with Gasteiger partial charge in [-0.1, -0.05) is 0 Å². The predicted molar refractivity (Wildman–Crippen MR) is 68.1 cm³/mol. The number of hydrogen-bond donors (Lipinski definition) is 1. The number of rotatable bonds is 4. The highest BCUT2D eigenvalue weighted by molar-refractivity contribution is 7.87. The summed E-state index contributed by atoms with van der Waals surface area (Å²) in [5.74, 6) is 0.504. The van der Waals surface area contributed by atoms with E-state index in [2.05, 4.69) is 4.72 Å². The molecule has 0 aromatic rings. The number of piperidine rings is 1. The van der Waals surface area contributed by atoms with Gasteiger partial charge in [0, 0.05) is 39.1 Å². The zero-order valence-corrected chi connectivity index (χ0v) is 11.7. The third-order valence-corrected chi connectivity index (χ3v) is 5.12. The lowest BCUT2D eigenvalue weighted by molar-refractivity contribution is -0.133.